The number of rotatable bonds is 0. The molecule has 0 aromatic rings. The summed E-state index contributed by atoms with van der Waals surface area (Å²) in [6.07, 6.45) is 1.75. The van der Waals surface area contributed by atoms with Crippen molar-refractivity contribution in [1.82, 2.24) is 0 Å². The van der Waals surface area contributed by atoms with Crippen molar-refractivity contribution in [2.45, 2.75) is 6.92 Å². The molecule has 0 saturated carbocycles. The van der Waals surface area contributed by atoms with Gasteiger partial charge in [0.2, 0.25) is 0 Å². The third-order valence-electron chi connectivity index (χ3n) is 0. The molecule has 0 fully saturated rings. The van der Waals surface area contributed by atoms with E-state index in [4.69, 9.17) is 77.0 Å². The number of allylic oxidation sites excluding steroid dienone is 1. The Morgan fingerprint density at radius 3 is 0.500 bits per heavy atom. The molecule has 146 valence electrons. The van der Waals surface area contributed by atoms with E-state index in [2.05, 4.69) is 6.58 Å². The molecule has 0 N–H and O–H groups in total. The Kier molecular flexibility index (Phi) is 51.2. The molecule has 26 heavy (non-hydrogen) atoms. The number of phosphoric acid groups is 4. The van der Waals surface area contributed by atoms with E-state index in [1.54, 1.807) is 6.08 Å². The molecule has 0 rings (SSSR count). The van der Waals surface area contributed by atoms with Crippen molar-refractivity contribution in [3.63, 3.8) is 0 Å². The molecule has 0 amide bonds. The van der Waals surface area contributed by atoms with Gasteiger partial charge >= 0.3 is 78.6 Å². The summed E-state index contributed by atoms with van der Waals surface area (Å²) < 4.78 is 34.2. The van der Waals surface area contributed by atoms with Crippen molar-refractivity contribution >= 4 is 31.3 Å². The third-order valence-corrected chi connectivity index (χ3v) is 0. The summed E-state index contributed by atoms with van der Waals surface area (Å²) in [7, 11) is -21.6. The molecule has 0 bridgehead atoms. The number of hydrogen-bond donors (Lipinski definition) is 0. The fourth-order valence-corrected chi connectivity index (χ4v) is 0. The maximum Gasteiger partial charge on any atom is 4.00 e. The van der Waals surface area contributed by atoms with Crippen LogP contribution < -0.4 is 58.7 Å². The van der Waals surface area contributed by atoms with Gasteiger partial charge in [0.05, 0.1) is 0 Å². The molecule has 0 radical (unpaired) electrons. The standard InChI is InChI=1S/C3H6.4H3O4P.3Zr/c1-3-2;4*1-5(2,3)4;;;/h3H,1H2,2H3;4*(H3,1,2,3,4);;;/q;;;;;3*+4/p-12. The predicted molar refractivity (Wildman–Crippen MR) is 46.3 cm³/mol. The summed E-state index contributed by atoms with van der Waals surface area (Å²) in [4.78, 5) is 103. The molecule has 0 aliphatic rings. The predicted octanol–water partition coefficient (Wildman–Crippen LogP) is -10.1. The molecule has 0 unspecified atom stereocenters. The van der Waals surface area contributed by atoms with Crippen molar-refractivity contribution < 1.29 is 156 Å². The van der Waals surface area contributed by atoms with Gasteiger partial charge in [0.1, 0.15) is 0 Å². The van der Waals surface area contributed by atoms with Crippen LogP contribution in [0.3, 0.4) is 0 Å². The minimum atomic E-state index is -5.39. The van der Waals surface area contributed by atoms with Gasteiger partial charge in [0, 0.05) is 0 Å². The van der Waals surface area contributed by atoms with Crippen molar-refractivity contribution in [3.8, 4) is 0 Å². The van der Waals surface area contributed by atoms with Crippen LogP contribution in [-0.2, 0) is 96.9 Å². The molecule has 0 aromatic carbocycles. The van der Waals surface area contributed by atoms with E-state index in [1.165, 1.54) is 0 Å². The normalized spacial score (nSPS) is 9.58. The smallest absolute Gasteiger partial charge is 0.822 e. The first-order valence-electron chi connectivity index (χ1n) is 3.91. The zero-order chi connectivity index (χ0) is 20.7. The minimum Gasteiger partial charge on any atom is -0.822 e. The summed E-state index contributed by atoms with van der Waals surface area (Å²) in [5.74, 6) is 0. The Bertz CT molecular complexity index is 344. The molecular weight excluding hydrogens is 690 g/mol. The summed E-state index contributed by atoms with van der Waals surface area (Å²) in [5.41, 5.74) is 0. The van der Waals surface area contributed by atoms with Gasteiger partial charge in [-0.25, -0.2) is 0 Å². The quantitative estimate of drug-likeness (QED) is 0.168. The maximum absolute atomic E-state index is 8.55. The molecule has 23 heteroatoms. The van der Waals surface area contributed by atoms with Crippen LogP contribution in [0.25, 0.3) is 0 Å². The minimum absolute atomic E-state index is 0. The molecule has 0 aliphatic carbocycles. The molecule has 0 heterocycles. The molecule has 0 spiro atoms. The van der Waals surface area contributed by atoms with E-state index in [9.17, 15) is 0 Å². The van der Waals surface area contributed by atoms with E-state index in [0.717, 1.165) is 0 Å². The largest absolute Gasteiger partial charge is 4.00 e. The molecule has 0 atom stereocenters. The van der Waals surface area contributed by atoms with Crippen molar-refractivity contribution in [2.75, 3.05) is 0 Å². The monoisotopic (exact) mass is 692 g/mol. The van der Waals surface area contributed by atoms with Crippen molar-refractivity contribution in [3.05, 3.63) is 12.7 Å². The first-order chi connectivity index (χ1) is 9.41. The van der Waals surface area contributed by atoms with Gasteiger partial charge in [-0.15, -0.1) is 6.58 Å². The Morgan fingerprint density at radius 1 is 0.500 bits per heavy atom. The topological polar surface area (TPSA) is 345 Å². The van der Waals surface area contributed by atoms with Gasteiger partial charge in [-0.05, 0) is 6.92 Å². The Hall–Kier alpha value is 2.83. The van der Waals surface area contributed by atoms with Gasteiger partial charge in [-0.1, -0.05) is 6.08 Å². The first kappa shape index (κ1) is 51.5. The molecular formula is C3H6O16P4Zr3. The summed E-state index contributed by atoms with van der Waals surface area (Å²) in [6, 6.07) is 0. The van der Waals surface area contributed by atoms with E-state index in [0.29, 0.717) is 0 Å². The van der Waals surface area contributed by atoms with Gasteiger partial charge in [-0.3, -0.25) is 0 Å². The molecule has 0 aromatic heterocycles. The Balaban J connectivity index is -0.0000000255. The second-order valence-corrected chi connectivity index (χ2v) is 5.77. The van der Waals surface area contributed by atoms with Crippen molar-refractivity contribution in [2.24, 2.45) is 0 Å². The molecule has 16 nitrogen and oxygen atoms in total. The van der Waals surface area contributed by atoms with E-state index >= 15 is 0 Å². The van der Waals surface area contributed by atoms with Crippen molar-refractivity contribution in [1.29, 1.82) is 0 Å². The van der Waals surface area contributed by atoms with Crippen LogP contribution in [0, 0.1) is 0 Å². The van der Waals surface area contributed by atoms with E-state index < -0.39 is 31.3 Å². The van der Waals surface area contributed by atoms with Gasteiger partial charge in [0.25, 0.3) is 0 Å². The zero-order valence-corrected chi connectivity index (χ0v) is 23.1. The zero-order valence-electron chi connectivity index (χ0n) is 12.1. The average molecular weight is 696 g/mol. The van der Waals surface area contributed by atoms with E-state index in [-0.39, 0.29) is 78.6 Å². The number of hydrogen-bond acceptors (Lipinski definition) is 16. The van der Waals surface area contributed by atoms with Crippen LogP contribution >= 0.6 is 31.3 Å². The first-order valence-corrected chi connectivity index (χ1v) is 9.75. The van der Waals surface area contributed by atoms with Crippen LogP contribution in [0.5, 0.6) is 0 Å². The molecule has 0 aliphatic heterocycles. The second kappa shape index (κ2) is 25.9. The molecule has 0 saturated heterocycles. The van der Waals surface area contributed by atoms with Crippen LogP contribution in [0.1, 0.15) is 6.92 Å². The fraction of sp³-hybridized carbons (Fsp3) is 0.333. The van der Waals surface area contributed by atoms with Gasteiger partial charge < -0.3 is 77.0 Å². The SMILES string of the molecule is C=CC.O=P([O-])([O-])[O-].O=P([O-])([O-])[O-].O=P([O-])([O-])[O-].O=P([O-])([O-])[O-].[Zr+4].[Zr+4].[Zr+4]. The van der Waals surface area contributed by atoms with Gasteiger partial charge in [-0.2, -0.15) is 31.3 Å². The third kappa shape index (κ3) is 2240. The van der Waals surface area contributed by atoms with Crippen LogP contribution in [0.2, 0.25) is 0 Å². The summed E-state index contributed by atoms with van der Waals surface area (Å²) in [6.45, 7) is 5.25. The summed E-state index contributed by atoms with van der Waals surface area (Å²) >= 11 is 0. The summed E-state index contributed by atoms with van der Waals surface area (Å²) in [5, 5.41) is 0. The van der Waals surface area contributed by atoms with E-state index in [1.807, 2.05) is 6.92 Å². The Morgan fingerprint density at radius 2 is 0.500 bits per heavy atom. The maximum atomic E-state index is 8.55. The average Bonchev–Trinajstić information content (AvgIpc) is 1.87. The van der Waals surface area contributed by atoms with Crippen LogP contribution in [0.15, 0.2) is 12.7 Å². The van der Waals surface area contributed by atoms with Crippen LogP contribution in [-0.4, -0.2) is 0 Å². The van der Waals surface area contributed by atoms with Gasteiger partial charge in [0.15, 0.2) is 0 Å². The second-order valence-electron chi connectivity index (χ2n) is 2.20. The fourth-order valence-electron chi connectivity index (χ4n) is 0. The van der Waals surface area contributed by atoms with Crippen LogP contribution in [0.4, 0.5) is 0 Å². The Labute approximate surface area is 204 Å².